The Morgan fingerprint density at radius 1 is 1.20 bits per heavy atom. The number of rotatable bonds is 1. The first-order valence-electron chi connectivity index (χ1n) is 4.55. The topological polar surface area (TPSA) is 17.8 Å². The van der Waals surface area contributed by atoms with Crippen molar-refractivity contribution in [3.8, 4) is 11.3 Å². The summed E-state index contributed by atoms with van der Waals surface area (Å²) in [5.74, 6) is 0.993. The fraction of sp³-hybridized carbons (Fsp3) is 0.182. The second-order valence-corrected chi connectivity index (χ2v) is 4.94. The minimum atomic E-state index is 0.975. The Morgan fingerprint density at radius 2 is 1.87 bits per heavy atom. The van der Waals surface area contributed by atoms with Crippen molar-refractivity contribution in [1.82, 2.24) is 9.55 Å². The zero-order chi connectivity index (χ0) is 11.0. The lowest BCUT2D eigenvalue weighted by atomic mass is 10.2. The van der Waals surface area contributed by atoms with Crippen LogP contribution < -0.4 is 0 Å². The van der Waals surface area contributed by atoms with Gasteiger partial charge in [-0.15, -0.1) is 0 Å². The van der Waals surface area contributed by atoms with Crippen LogP contribution >= 0.6 is 31.9 Å². The molecule has 0 amide bonds. The molecule has 0 atom stereocenters. The van der Waals surface area contributed by atoms with Crippen molar-refractivity contribution in [3.05, 3.63) is 39.2 Å². The Morgan fingerprint density at radius 3 is 2.40 bits per heavy atom. The summed E-state index contributed by atoms with van der Waals surface area (Å²) in [5, 5.41) is 0. The summed E-state index contributed by atoms with van der Waals surface area (Å²) in [6.45, 7) is 1.99. The van der Waals surface area contributed by atoms with Crippen molar-refractivity contribution < 1.29 is 0 Å². The van der Waals surface area contributed by atoms with Crippen molar-refractivity contribution >= 4 is 31.9 Å². The molecule has 1 heterocycles. The third kappa shape index (κ3) is 1.88. The van der Waals surface area contributed by atoms with Gasteiger partial charge in [0, 0.05) is 17.1 Å². The molecule has 2 aromatic rings. The maximum absolute atomic E-state index is 4.53. The average Bonchev–Trinajstić information content (AvgIpc) is 2.47. The molecule has 0 saturated carbocycles. The molecule has 0 aliphatic heterocycles. The summed E-state index contributed by atoms with van der Waals surface area (Å²) in [6, 6.07) is 8.08. The van der Waals surface area contributed by atoms with Gasteiger partial charge in [0.1, 0.15) is 16.1 Å². The highest BCUT2D eigenvalue weighted by atomic mass is 79.9. The third-order valence-electron chi connectivity index (χ3n) is 2.38. The number of nitrogens with zero attached hydrogens (tertiary/aromatic N) is 2. The van der Waals surface area contributed by atoms with Crippen LogP contribution in [0.25, 0.3) is 11.3 Å². The van der Waals surface area contributed by atoms with Crippen LogP contribution in [0.4, 0.5) is 0 Å². The summed E-state index contributed by atoms with van der Waals surface area (Å²) in [4.78, 5) is 4.53. The Labute approximate surface area is 106 Å². The fourth-order valence-corrected chi connectivity index (χ4v) is 2.44. The van der Waals surface area contributed by atoms with Crippen LogP contribution in [0.1, 0.15) is 5.82 Å². The average molecular weight is 330 g/mol. The summed E-state index contributed by atoms with van der Waals surface area (Å²) in [6.07, 6.45) is 0. The molecule has 2 rings (SSSR count). The largest absolute Gasteiger partial charge is 0.326 e. The first-order valence-corrected chi connectivity index (χ1v) is 6.13. The monoisotopic (exact) mass is 328 g/mol. The summed E-state index contributed by atoms with van der Waals surface area (Å²) < 4.78 is 4.09. The molecule has 4 heteroatoms. The lowest BCUT2D eigenvalue weighted by Gasteiger charge is -2.01. The van der Waals surface area contributed by atoms with E-state index < -0.39 is 0 Å². The molecule has 2 nitrogen and oxygen atoms in total. The standard InChI is InChI=1S/C11H10Br2N2/c1-7-14-10(11(13)15(7)2)8-5-3-4-6-9(8)12/h3-6H,1-2H3. The first-order chi connectivity index (χ1) is 7.11. The number of benzene rings is 1. The van der Waals surface area contributed by atoms with E-state index in [1.54, 1.807) is 0 Å². The molecule has 0 aliphatic carbocycles. The van der Waals surface area contributed by atoms with Gasteiger partial charge in [-0.2, -0.15) is 0 Å². The lowest BCUT2D eigenvalue weighted by Crippen LogP contribution is -1.90. The number of aromatic nitrogens is 2. The van der Waals surface area contributed by atoms with Gasteiger partial charge in [-0.1, -0.05) is 34.1 Å². The Kier molecular flexibility index (Phi) is 2.98. The Balaban J connectivity index is 2.65. The molecule has 1 aromatic heterocycles. The van der Waals surface area contributed by atoms with E-state index in [1.165, 1.54) is 0 Å². The zero-order valence-corrected chi connectivity index (χ0v) is 11.6. The van der Waals surface area contributed by atoms with Gasteiger partial charge in [0.15, 0.2) is 0 Å². The first kappa shape index (κ1) is 10.9. The molecule has 0 fully saturated rings. The van der Waals surface area contributed by atoms with Crippen molar-refractivity contribution in [2.75, 3.05) is 0 Å². The Bertz CT molecular complexity index is 503. The van der Waals surface area contributed by atoms with E-state index in [0.29, 0.717) is 0 Å². The highest BCUT2D eigenvalue weighted by molar-refractivity contribution is 9.11. The number of hydrogen-bond donors (Lipinski definition) is 0. The van der Waals surface area contributed by atoms with Gasteiger partial charge in [0.2, 0.25) is 0 Å². The minimum Gasteiger partial charge on any atom is -0.326 e. The molecule has 0 bridgehead atoms. The summed E-state index contributed by atoms with van der Waals surface area (Å²) in [5.41, 5.74) is 2.08. The highest BCUT2D eigenvalue weighted by Gasteiger charge is 2.13. The van der Waals surface area contributed by atoms with Crippen LogP contribution in [0.3, 0.4) is 0 Å². The molecule has 0 unspecified atom stereocenters. The predicted molar refractivity (Wildman–Crippen MR) is 68.8 cm³/mol. The van der Waals surface area contributed by atoms with Crippen LogP contribution in [-0.4, -0.2) is 9.55 Å². The van der Waals surface area contributed by atoms with Crippen molar-refractivity contribution in [1.29, 1.82) is 0 Å². The molecule has 15 heavy (non-hydrogen) atoms. The highest BCUT2D eigenvalue weighted by Crippen LogP contribution is 2.32. The molecule has 0 spiro atoms. The van der Waals surface area contributed by atoms with Gasteiger partial charge < -0.3 is 4.57 Å². The zero-order valence-electron chi connectivity index (χ0n) is 8.46. The number of halogens is 2. The predicted octanol–water partition coefficient (Wildman–Crippen LogP) is 3.92. The van der Waals surface area contributed by atoms with Crippen molar-refractivity contribution in [2.45, 2.75) is 6.92 Å². The van der Waals surface area contributed by atoms with Gasteiger partial charge >= 0.3 is 0 Å². The van der Waals surface area contributed by atoms with Crippen LogP contribution in [0, 0.1) is 6.92 Å². The van der Waals surface area contributed by atoms with Gasteiger partial charge in [-0.25, -0.2) is 4.98 Å². The van der Waals surface area contributed by atoms with Crippen LogP contribution in [0.15, 0.2) is 33.3 Å². The maximum atomic E-state index is 4.53. The molecule has 1 aromatic carbocycles. The van der Waals surface area contributed by atoms with Gasteiger partial charge in [-0.3, -0.25) is 0 Å². The summed E-state index contributed by atoms with van der Waals surface area (Å²) >= 11 is 7.08. The number of imidazole rings is 1. The molecule has 0 N–H and O–H groups in total. The van der Waals surface area contributed by atoms with Crippen molar-refractivity contribution in [2.24, 2.45) is 7.05 Å². The van der Waals surface area contributed by atoms with Crippen LogP contribution in [0.2, 0.25) is 0 Å². The van der Waals surface area contributed by atoms with E-state index in [4.69, 9.17) is 0 Å². The minimum absolute atomic E-state index is 0.975. The second kappa shape index (κ2) is 4.10. The van der Waals surface area contributed by atoms with Crippen LogP contribution in [0.5, 0.6) is 0 Å². The quantitative estimate of drug-likeness (QED) is 0.775. The van der Waals surface area contributed by atoms with Gasteiger partial charge in [0.05, 0.1) is 0 Å². The van der Waals surface area contributed by atoms with E-state index in [0.717, 1.165) is 26.2 Å². The van der Waals surface area contributed by atoms with Crippen LogP contribution in [-0.2, 0) is 7.05 Å². The van der Waals surface area contributed by atoms with E-state index in [9.17, 15) is 0 Å². The molecular weight excluding hydrogens is 320 g/mol. The van der Waals surface area contributed by atoms with E-state index in [1.807, 2.05) is 36.7 Å². The van der Waals surface area contributed by atoms with E-state index >= 15 is 0 Å². The number of hydrogen-bond acceptors (Lipinski definition) is 1. The SMILES string of the molecule is Cc1nc(-c2ccccc2Br)c(Br)n1C. The lowest BCUT2D eigenvalue weighted by molar-refractivity contribution is 0.840. The van der Waals surface area contributed by atoms with Gasteiger partial charge in [0.25, 0.3) is 0 Å². The molecule has 0 saturated heterocycles. The molecular formula is C11H10Br2N2. The van der Waals surface area contributed by atoms with E-state index in [2.05, 4.69) is 42.9 Å². The third-order valence-corrected chi connectivity index (χ3v) is 3.98. The smallest absolute Gasteiger partial charge is 0.112 e. The number of aryl methyl sites for hydroxylation is 1. The molecule has 0 radical (unpaired) electrons. The van der Waals surface area contributed by atoms with E-state index in [-0.39, 0.29) is 0 Å². The fourth-order valence-electron chi connectivity index (χ4n) is 1.41. The van der Waals surface area contributed by atoms with Crippen molar-refractivity contribution in [3.63, 3.8) is 0 Å². The maximum Gasteiger partial charge on any atom is 0.112 e. The molecule has 0 aliphatic rings. The summed E-state index contributed by atoms with van der Waals surface area (Å²) in [7, 11) is 1.99. The Hall–Kier alpha value is -0.610. The van der Waals surface area contributed by atoms with Gasteiger partial charge in [-0.05, 0) is 28.9 Å². The normalized spacial score (nSPS) is 10.7. The second-order valence-electron chi connectivity index (χ2n) is 3.34. The molecule has 78 valence electrons.